The van der Waals surface area contributed by atoms with Crippen molar-refractivity contribution in [3.8, 4) is 0 Å². The number of hydrogen-bond acceptors (Lipinski definition) is 5. The average molecular weight is 440 g/mol. The molecule has 0 aromatic carbocycles. The van der Waals surface area contributed by atoms with Crippen molar-refractivity contribution in [2.24, 2.45) is 5.41 Å². The van der Waals surface area contributed by atoms with Crippen LogP contribution in [-0.4, -0.2) is 45.7 Å². The SMILES string of the molecule is O=C(/C=C/c1cnc2c(c1)CC1(CC(F)(F)C1)C(=O)N2)N1CCC(=Cc2ncco2)CC1. The predicted molar refractivity (Wildman–Crippen MR) is 113 cm³/mol. The molecule has 2 aliphatic heterocycles. The molecule has 32 heavy (non-hydrogen) atoms. The van der Waals surface area contributed by atoms with Crippen LogP contribution in [0.2, 0.25) is 0 Å². The van der Waals surface area contributed by atoms with Gasteiger partial charge in [-0.15, -0.1) is 0 Å². The number of pyridine rings is 1. The third-order valence-corrected chi connectivity index (χ3v) is 6.34. The molecule has 2 fully saturated rings. The van der Waals surface area contributed by atoms with Crippen LogP contribution in [0, 0.1) is 5.41 Å². The van der Waals surface area contributed by atoms with Gasteiger partial charge in [0.15, 0.2) is 0 Å². The lowest BCUT2D eigenvalue weighted by molar-refractivity contribution is -0.175. The Morgan fingerprint density at radius 3 is 2.69 bits per heavy atom. The highest BCUT2D eigenvalue weighted by Gasteiger charge is 2.61. The van der Waals surface area contributed by atoms with E-state index in [9.17, 15) is 18.4 Å². The molecule has 7 nitrogen and oxygen atoms in total. The zero-order valence-electron chi connectivity index (χ0n) is 17.3. The largest absolute Gasteiger partial charge is 0.445 e. The number of nitrogens with zero attached hydrogens (tertiary/aromatic N) is 3. The van der Waals surface area contributed by atoms with Crippen molar-refractivity contribution >= 4 is 29.8 Å². The topological polar surface area (TPSA) is 88.3 Å². The first-order chi connectivity index (χ1) is 15.3. The molecule has 1 spiro atoms. The van der Waals surface area contributed by atoms with E-state index in [0.29, 0.717) is 35.9 Å². The maximum absolute atomic E-state index is 13.4. The number of nitrogens with one attached hydrogen (secondary N) is 1. The standard InChI is InChI=1S/C23H22F2N4O3/c24-23(25)13-22(14-23)11-17-9-16(12-27-20(17)28-21(22)31)1-2-19(30)29-6-3-15(4-7-29)10-18-26-5-8-32-18/h1-2,5,8-10,12H,3-4,6-7,11,13-14H2,(H,27,28,31)/b2-1+. The number of alkyl halides is 2. The summed E-state index contributed by atoms with van der Waals surface area (Å²) in [6.07, 6.45) is 10.6. The third-order valence-electron chi connectivity index (χ3n) is 6.34. The fraction of sp³-hybridized carbons (Fsp3) is 0.391. The van der Waals surface area contributed by atoms with Crippen molar-refractivity contribution in [1.29, 1.82) is 0 Å². The molecule has 1 aliphatic carbocycles. The number of piperidine rings is 1. The summed E-state index contributed by atoms with van der Waals surface area (Å²) in [6, 6.07) is 1.80. The summed E-state index contributed by atoms with van der Waals surface area (Å²) in [6.45, 7) is 1.22. The van der Waals surface area contributed by atoms with Crippen LogP contribution in [0.3, 0.4) is 0 Å². The molecule has 1 saturated carbocycles. The van der Waals surface area contributed by atoms with Crippen LogP contribution in [0.4, 0.5) is 14.6 Å². The molecule has 0 bridgehead atoms. The highest BCUT2D eigenvalue weighted by Crippen LogP contribution is 2.56. The van der Waals surface area contributed by atoms with Gasteiger partial charge in [0.05, 0.1) is 11.6 Å². The second-order valence-corrected chi connectivity index (χ2v) is 8.73. The third kappa shape index (κ3) is 3.94. The van der Waals surface area contributed by atoms with Crippen molar-refractivity contribution in [3.63, 3.8) is 0 Å². The van der Waals surface area contributed by atoms with E-state index in [4.69, 9.17) is 4.42 Å². The minimum absolute atomic E-state index is 0.0960. The number of halogens is 2. The maximum atomic E-state index is 13.4. The normalized spacial score (nSPS) is 21.2. The minimum Gasteiger partial charge on any atom is -0.445 e. The Labute approximate surface area is 183 Å². The first-order valence-electron chi connectivity index (χ1n) is 10.6. The van der Waals surface area contributed by atoms with E-state index in [1.54, 1.807) is 29.4 Å². The van der Waals surface area contributed by atoms with Crippen LogP contribution in [0.15, 0.2) is 40.8 Å². The van der Waals surface area contributed by atoms with Crippen molar-refractivity contribution < 1.29 is 22.8 Å². The van der Waals surface area contributed by atoms with Crippen LogP contribution < -0.4 is 5.32 Å². The second kappa shape index (κ2) is 7.65. The van der Waals surface area contributed by atoms with Gasteiger partial charge in [-0.05, 0) is 48.6 Å². The van der Waals surface area contributed by atoms with Gasteiger partial charge in [-0.25, -0.2) is 18.7 Å². The zero-order chi connectivity index (χ0) is 22.3. The van der Waals surface area contributed by atoms with Gasteiger partial charge >= 0.3 is 0 Å². The number of fused-ring (bicyclic) bond motifs is 1. The summed E-state index contributed by atoms with van der Waals surface area (Å²) in [5, 5.41) is 2.65. The molecule has 3 aliphatic rings. The smallest absolute Gasteiger partial charge is 0.250 e. The number of amides is 2. The number of oxazole rings is 1. The molecular weight excluding hydrogens is 418 g/mol. The molecule has 1 N–H and O–H groups in total. The summed E-state index contributed by atoms with van der Waals surface area (Å²) in [5.41, 5.74) is 1.54. The van der Waals surface area contributed by atoms with Gasteiger partial charge in [-0.2, -0.15) is 0 Å². The number of rotatable bonds is 3. The molecule has 1 saturated heterocycles. The number of carbonyl (C=O) groups excluding carboxylic acids is 2. The average Bonchev–Trinajstić information content (AvgIpc) is 3.25. The van der Waals surface area contributed by atoms with Crippen LogP contribution in [0.5, 0.6) is 0 Å². The van der Waals surface area contributed by atoms with E-state index in [0.717, 1.165) is 12.8 Å². The predicted octanol–water partition coefficient (Wildman–Crippen LogP) is 3.70. The Bertz CT molecular complexity index is 1110. The van der Waals surface area contributed by atoms with Crippen LogP contribution >= 0.6 is 0 Å². The van der Waals surface area contributed by atoms with Gasteiger partial charge in [0.1, 0.15) is 12.1 Å². The first kappa shape index (κ1) is 20.5. The Morgan fingerprint density at radius 2 is 2.00 bits per heavy atom. The molecular formula is C23H22F2N4O3. The molecule has 9 heteroatoms. The number of hydrogen-bond donors (Lipinski definition) is 1. The van der Waals surface area contributed by atoms with Crippen LogP contribution in [0.25, 0.3) is 12.2 Å². The van der Waals surface area contributed by atoms with E-state index in [2.05, 4.69) is 15.3 Å². The van der Waals surface area contributed by atoms with Gasteiger partial charge < -0.3 is 14.6 Å². The Kier molecular flexibility index (Phi) is 4.91. The van der Waals surface area contributed by atoms with Gasteiger partial charge in [0, 0.05) is 38.2 Å². The lowest BCUT2D eigenvalue weighted by Gasteiger charge is -2.48. The molecule has 2 aromatic rings. The Hall–Kier alpha value is -3.36. The summed E-state index contributed by atoms with van der Waals surface area (Å²) < 4.78 is 32.1. The van der Waals surface area contributed by atoms with Gasteiger partial charge in [-0.3, -0.25) is 9.59 Å². The molecule has 4 heterocycles. The fourth-order valence-corrected chi connectivity index (χ4v) is 4.69. The lowest BCUT2D eigenvalue weighted by atomic mass is 9.61. The van der Waals surface area contributed by atoms with E-state index in [1.807, 2.05) is 6.08 Å². The first-order valence-corrected chi connectivity index (χ1v) is 10.6. The van der Waals surface area contributed by atoms with E-state index >= 15 is 0 Å². The van der Waals surface area contributed by atoms with Crippen LogP contribution in [0.1, 0.15) is 42.7 Å². The summed E-state index contributed by atoms with van der Waals surface area (Å²) in [7, 11) is 0. The molecule has 2 aromatic heterocycles. The van der Waals surface area contributed by atoms with Crippen molar-refractivity contribution in [1.82, 2.24) is 14.9 Å². The Morgan fingerprint density at radius 1 is 1.22 bits per heavy atom. The second-order valence-electron chi connectivity index (χ2n) is 8.73. The summed E-state index contributed by atoms with van der Waals surface area (Å²) >= 11 is 0. The summed E-state index contributed by atoms with van der Waals surface area (Å²) in [4.78, 5) is 35.0. The number of aromatic nitrogens is 2. The molecule has 2 amide bonds. The number of likely N-dealkylation sites (tertiary alicyclic amines) is 1. The van der Waals surface area contributed by atoms with E-state index in [-0.39, 0.29) is 18.2 Å². The molecule has 0 radical (unpaired) electrons. The lowest BCUT2D eigenvalue weighted by Crippen LogP contribution is -2.56. The number of carbonyl (C=O) groups is 2. The van der Waals surface area contributed by atoms with Crippen LogP contribution in [-0.2, 0) is 16.0 Å². The highest BCUT2D eigenvalue weighted by molar-refractivity contribution is 5.98. The Balaban J connectivity index is 1.22. The van der Waals surface area contributed by atoms with E-state index in [1.165, 1.54) is 17.9 Å². The zero-order valence-corrected chi connectivity index (χ0v) is 17.3. The number of anilines is 1. The molecule has 5 rings (SSSR count). The monoisotopic (exact) mass is 440 g/mol. The molecule has 0 atom stereocenters. The van der Waals surface area contributed by atoms with Crippen molar-refractivity contribution in [2.45, 2.75) is 38.0 Å². The van der Waals surface area contributed by atoms with Gasteiger partial charge in [-0.1, -0.05) is 5.57 Å². The fourth-order valence-electron chi connectivity index (χ4n) is 4.69. The van der Waals surface area contributed by atoms with Crippen molar-refractivity contribution in [2.75, 3.05) is 18.4 Å². The van der Waals surface area contributed by atoms with Crippen molar-refractivity contribution in [3.05, 3.63) is 53.4 Å². The van der Waals surface area contributed by atoms with Gasteiger partial charge in [0.25, 0.3) is 0 Å². The quantitative estimate of drug-likeness (QED) is 0.736. The minimum atomic E-state index is -2.79. The molecule has 0 unspecified atom stereocenters. The molecule has 166 valence electrons. The maximum Gasteiger partial charge on any atom is 0.250 e. The highest BCUT2D eigenvalue weighted by atomic mass is 19.3. The van der Waals surface area contributed by atoms with E-state index < -0.39 is 24.2 Å². The van der Waals surface area contributed by atoms with Gasteiger partial charge in [0.2, 0.25) is 23.6 Å². The summed E-state index contributed by atoms with van der Waals surface area (Å²) in [5.74, 6) is -2.29.